The average Bonchev–Trinajstić information content (AvgIpc) is 3.46. The van der Waals surface area contributed by atoms with E-state index in [1.807, 2.05) is 6.08 Å². The number of carbonyl (C=O) groups excluding carboxylic acids is 1. The number of aliphatic hydroxyl groups is 2. The van der Waals surface area contributed by atoms with Gasteiger partial charge in [-0.25, -0.2) is 0 Å². The predicted octanol–water partition coefficient (Wildman–Crippen LogP) is 25.3. The number of allylic oxidation sites excluding steroid dienone is 7. The Labute approximate surface area is 503 Å². The first kappa shape index (κ1) is 78.4. The second-order valence-corrected chi connectivity index (χ2v) is 25.4. The lowest BCUT2D eigenvalue weighted by atomic mass is 10.0. The summed E-state index contributed by atoms with van der Waals surface area (Å²) in [6.07, 6.45) is 101. The van der Waals surface area contributed by atoms with Crippen LogP contribution in [0.2, 0.25) is 0 Å². The van der Waals surface area contributed by atoms with E-state index < -0.39 is 12.1 Å². The van der Waals surface area contributed by atoms with Gasteiger partial charge in [-0.15, -0.1) is 0 Å². The lowest BCUT2D eigenvalue weighted by molar-refractivity contribution is -0.123. The van der Waals surface area contributed by atoms with Crippen molar-refractivity contribution in [2.75, 3.05) is 6.61 Å². The smallest absolute Gasteiger partial charge is 0.220 e. The first-order chi connectivity index (χ1) is 39.7. The molecule has 2 unspecified atom stereocenters. The molecule has 0 saturated heterocycles. The van der Waals surface area contributed by atoms with E-state index in [4.69, 9.17) is 0 Å². The molecule has 0 heterocycles. The molecule has 4 heteroatoms. The molecule has 0 aliphatic heterocycles. The molecule has 0 aromatic carbocycles. The molecule has 0 aromatic rings. The molecule has 0 fully saturated rings. The van der Waals surface area contributed by atoms with E-state index >= 15 is 0 Å². The van der Waals surface area contributed by atoms with Gasteiger partial charge in [0.1, 0.15) is 0 Å². The minimum absolute atomic E-state index is 0.0553. The normalized spacial score (nSPS) is 12.9. The number of rotatable bonds is 69. The summed E-state index contributed by atoms with van der Waals surface area (Å²) in [5.74, 6) is -0.0553. The fourth-order valence-electron chi connectivity index (χ4n) is 11.7. The highest BCUT2D eigenvalue weighted by Crippen LogP contribution is 2.19. The van der Waals surface area contributed by atoms with E-state index in [2.05, 4.69) is 55.6 Å². The second kappa shape index (κ2) is 71.6. The molecule has 0 bridgehead atoms. The molecule has 0 aliphatic carbocycles. The third kappa shape index (κ3) is 67.1. The number of nitrogens with one attached hydrogen (secondary N) is 1. The number of unbranched alkanes of at least 4 members (excludes halogenated alkanes) is 56. The maximum absolute atomic E-state index is 12.6. The van der Waals surface area contributed by atoms with Crippen molar-refractivity contribution in [3.8, 4) is 0 Å². The minimum atomic E-state index is -0.840. The Morgan fingerprint density at radius 3 is 0.762 bits per heavy atom. The molecule has 472 valence electrons. The predicted molar refractivity (Wildman–Crippen MR) is 359 cm³/mol. The van der Waals surface area contributed by atoms with Gasteiger partial charge in [-0.3, -0.25) is 4.79 Å². The van der Waals surface area contributed by atoms with E-state index in [-0.39, 0.29) is 12.5 Å². The van der Waals surface area contributed by atoms with Gasteiger partial charge in [0.15, 0.2) is 0 Å². The first-order valence-electron chi connectivity index (χ1n) is 36.9. The van der Waals surface area contributed by atoms with E-state index in [0.717, 1.165) is 38.5 Å². The minimum Gasteiger partial charge on any atom is -0.394 e. The topological polar surface area (TPSA) is 69.6 Å². The van der Waals surface area contributed by atoms with Crippen molar-refractivity contribution in [3.63, 3.8) is 0 Å². The number of carbonyl (C=O) groups is 1. The van der Waals surface area contributed by atoms with E-state index in [0.29, 0.717) is 6.42 Å². The summed E-state index contributed by atoms with van der Waals surface area (Å²) in [5, 5.41) is 23.3. The highest BCUT2D eigenvalue weighted by atomic mass is 16.3. The number of aliphatic hydroxyl groups excluding tert-OH is 2. The molecule has 0 aliphatic rings. The molecule has 3 N–H and O–H groups in total. The fourth-order valence-corrected chi connectivity index (χ4v) is 11.7. The van der Waals surface area contributed by atoms with Crippen LogP contribution in [0.5, 0.6) is 0 Å². The Morgan fingerprint density at radius 2 is 0.512 bits per heavy atom. The molecule has 0 radical (unpaired) electrons. The van der Waals surface area contributed by atoms with Gasteiger partial charge in [0.25, 0.3) is 0 Å². The second-order valence-electron chi connectivity index (χ2n) is 25.4. The van der Waals surface area contributed by atoms with Gasteiger partial charge in [0, 0.05) is 6.42 Å². The van der Waals surface area contributed by atoms with Gasteiger partial charge >= 0.3 is 0 Å². The summed E-state index contributed by atoms with van der Waals surface area (Å²) in [6.45, 7) is 4.34. The highest BCUT2D eigenvalue weighted by molar-refractivity contribution is 5.76. The van der Waals surface area contributed by atoms with E-state index in [1.54, 1.807) is 6.08 Å². The molecule has 0 aromatic heterocycles. The fraction of sp³-hybridized carbons (Fsp3) is 0.882. The number of hydrogen-bond donors (Lipinski definition) is 3. The van der Waals surface area contributed by atoms with E-state index in [9.17, 15) is 15.0 Å². The van der Waals surface area contributed by atoms with Crippen LogP contribution in [0.15, 0.2) is 48.6 Å². The first-order valence-corrected chi connectivity index (χ1v) is 36.9. The summed E-state index contributed by atoms with van der Waals surface area (Å²) >= 11 is 0. The summed E-state index contributed by atoms with van der Waals surface area (Å²) in [6, 6.07) is -0.623. The van der Waals surface area contributed by atoms with Crippen LogP contribution in [-0.4, -0.2) is 34.9 Å². The summed E-state index contributed by atoms with van der Waals surface area (Å²) in [7, 11) is 0. The van der Waals surface area contributed by atoms with Crippen LogP contribution in [-0.2, 0) is 4.79 Å². The largest absolute Gasteiger partial charge is 0.394 e. The summed E-state index contributed by atoms with van der Waals surface area (Å²) in [4.78, 5) is 12.6. The van der Waals surface area contributed by atoms with Crippen LogP contribution in [0.1, 0.15) is 412 Å². The molecular weight excluding hydrogens is 975 g/mol. The van der Waals surface area contributed by atoms with Crippen molar-refractivity contribution in [2.45, 2.75) is 424 Å². The highest BCUT2D eigenvalue weighted by Gasteiger charge is 2.18. The zero-order chi connectivity index (χ0) is 57.6. The zero-order valence-electron chi connectivity index (χ0n) is 54.6. The van der Waals surface area contributed by atoms with Crippen molar-refractivity contribution in [2.24, 2.45) is 0 Å². The SMILES string of the molecule is CCCCCCC/C=C\C/C=C\C/C=C\CCCCCCCCCCCCCCCCCCCCCCCCCCC(=O)NC(CO)C(O)/C=C/CCCCCCCCCCCCCCCCCCCCCCCCCCCCC. The standard InChI is InChI=1S/C76H145NO3/c1-3-5-7-9-11-13-15-17-19-21-23-25-27-29-31-33-34-35-36-37-38-39-40-41-42-44-46-48-50-52-54-56-58-60-62-64-66-68-70-72-76(80)77-74(73-78)75(79)71-69-67-65-63-61-59-57-55-53-51-49-47-45-43-32-30-28-26-24-22-20-18-16-14-12-10-8-6-4-2/h15,17,21,23,27,29,69,71,74-75,78-79H,3-14,16,18-20,22,24-26,28,30-68,70,72-73H2,1-2H3,(H,77,80)/b17-15-,23-21-,29-27-,71-69+. The van der Waals surface area contributed by atoms with Gasteiger partial charge in [-0.2, -0.15) is 0 Å². The quantitative estimate of drug-likeness (QED) is 0.0420. The van der Waals surface area contributed by atoms with Crippen LogP contribution in [0.3, 0.4) is 0 Å². The van der Waals surface area contributed by atoms with Crippen LogP contribution >= 0.6 is 0 Å². The molecule has 4 nitrogen and oxygen atoms in total. The monoisotopic (exact) mass is 1120 g/mol. The van der Waals surface area contributed by atoms with Gasteiger partial charge < -0.3 is 15.5 Å². The van der Waals surface area contributed by atoms with Crippen LogP contribution in [0.25, 0.3) is 0 Å². The van der Waals surface area contributed by atoms with Crippen LogP contribution in [0.4, 0.5) is 0 Å². The maximum atomic E-state index is 12.6. The molecule has 2 atom stereocenters. The average molecular weight is 1120 g/mol. The van der Waals surface area contributed by atoms with Crippen molar-refractivity contribution in [1.82, 2.24) is 5.32 Å². The molecule has 1 amide bonds. The summed E-state index contributed by atoms with van der Waals surface area (Å²) in [5.41, 5.74) is 0. The third-order valence-electron chi connectivity index (χ3n) is 17.3. The Hall–Kier alpha value is -1.65. The van der Waals surface area contributed by atoms with Gasteiger partial charge in [0.2, 0.25) is 5.91 Å². The van der Waals surface area contributed by atoms with E-state index in [1.165, 1.54) is 353 Å². The van der Waals surface area contributed by atoms with Gasteiger partial charge in [0.05, 0.1) is 18.8 Å². The number of hydrogen-bond acceptors (Lipinski definition) is 3. The zero-order valence-corrected chi connectivity index (χ0v) is 54.6. The molecule has 0 saturated carbocycles. The number of amides is 1. The lowest BCUT2D eigenvalue weighted by Crippen LogP contribution is -2.45. The third-order valence-corrected chi connectivity index (χ3v) is 17.3. The molecular formula is C76H145NO3. The summed E-state index contributed by atoms with van der Waals surface area (Å²) < 4.78 is 0. The van der Waals surface area contributed by atoms with Crippen molar-refractivity contribution >= 4 is 5.91 Å². The Morgan fingerprint density at radius 1 is 0.300 bits per heavy atom. The lowest BCUT2D eigenvalue weighted by Gasteiger charge is -2.20. The van der Waals surface area contributed by atoms with Crippen molar-refractivity contribution < 1.29 is 15.0 Å². The van der Waals surface area contributed by atoms with Crippen molar-refractivity contribution in [1.29, 1.82) is 0 Å². The molecule has 0 spiro atoms. The maximum Gasteiger partial charge on any atom is 0.220 e. The molecule has 0 rings (SSSR count). The molecule has 80 heavy (non-hydrogen) atoms. The van der Waals surface area contributed by atoms with Crippen LogP contribution in [0, 0.1) is 0 Å². The van der Waals surface area contributed by atoms with Gasteiger partial charge in [-0.1, -0.05) is 396 Å². The van der Waals surface area contributed by atoms with Crippen LogP contribution < -0.4 is 5.32 Å². The Balaban J connectivity index is 3.41. The van der Waals surface area contributed by atoms with Gasteiger partial charge in [-0.05, 0) is 57.8 Å². The Kier molecular flexibility index (Phi) is 70.1. The Bertz CT molecular complexity index is 1270. The van der Waals surface area contributed by atoms with Crippen molar-refractivity contribution in [3.05, 3.63) is 48.6 Å².